The molecule has 0 spiro atoms. The highest BCUT2D eigenvalue weighted by Gasteiger charge is 2.38. The van der Waals surface area contributed by atoms with Crippen LogP contribution in [0.1, 0.15) is 25.3 Å². The molecule has 1 aromatic carbocycles. The fraction of sp³-hybridized carbons (Fsp3) is 0.500. The fourth-order valence-electron chi connectivity index (χ4n) is 4.39. The van der Waals surface area contributed by atoms with Crippen molar-refractivity contribution >= 4 is 23.4 Å². The average Bonchev–Trinajstić information content (AvgIpc) is 2.81. The van der Waals surface area contributed by atoms with Crippen molar-refractivity contribution in [3.8, 4) is 5.75 Å². The number of carbonyl (C=O) groups is 1. The first-order valence-electron chi connectivity index (χ1n) is 11.3. The van der Waals surface area contributed by atoms with Gasteiger partial charge < -0.3 is 19.8 Å². The van der Waals surface area contributed by atoms with Crippen LogP contribution in [0.15, 0.2) is 42.6 Å². The van der Waals surface area contributed by atoms with Crippen molar-refractivity contribution in [1.29, 1.82) is 0 Å². The van der Waals surface area contributed by atoms with Crippen molar-refractivity contribution in [2.75, 3.05) is 31.1 Å². The predicted octanol–water partition coefficient (Wildman–Crippen LogP) is 4.37. The van der Waals surface area contributed by atoms with E-state index >= 15 is 0 Å². The number of pyridine rings is 1. The van der Waals surface area contributed by atoms with E-state index in [0.717, 1.165) is 56.3 Å². The van der Waals surface area contributed by atoms with Gasteiger partial charge in [-0.1, -0.05) is 23.7 Å². The van der Waals surface area contributed by atoms with Crippen LogP contribution in [0.25, 0.3) is 0 Å². The Hall–Kier alpha value is -2.56. The lowest BCUT2D eigenvalue weighted by molar-refractivity contribution is -0.192. The number of ether oxygens (including phenoxy) is 1. The van der Waals surface area contributed by atoms with E-state index in [1.807, 2.05) is 12.1 Å². The van der Waals surface area contributed by atoms with E-state index in [1.165, 1.54) is 5.56 Å². The summed E-state index contributed by atoms with van der Waals surface area (Å²) in [6, 6.07) is 12.5. The number of aromatic hydroxyl groups is 1. The van der Waals surface area contributed by atoms with Gasteiger partial charge in [0, 0.05) is 49.0 Å². The summed E-state index contributed by atoms with van der Waals surface area (Å²) in [6.07, 6.45) is 0.0376. The lowest BCUT2D eigenvalue weighted by atomic mass is 9.96. The number of alkyl halides is 3. The van der Waals surface area contributed by atoms with Crippen molar-refractivity contribution < 1.29 is 32.9 Å². The summed E-state index contributed by atoms with van der Waals surface area (Å²) >= 11 is 6.04. The summed E-state index contributed by atoms with van der Waals surface area (Å²) in [4.78, 5) is 18.2. The predicted molar refractivity (Wildman–Crippen MR) is 126 cm³/mol. The monoisotopic (exact) mass is 515 g/mol. The van der Waals surface area contributed by atoms with E-state index in [0.29, 0.717) is 12.1 Å². The largest absolute Gasteiger partial charge is 0.508 e. The number of morpholine rings is 1. The number of benzene rings is 1. The third kappa shape index (κ3) is 7.98. The Kier molecular flexibility index (Phi) is 9.21. The third-order valence-electron chi connectivity index (χ3n) is 6.12. The second kappa shape index (κ2) is 11.9. The number of carboxylic acid groups (broad SMARTS) is 1. The van der Waals surface area contributed by atoms with Crippen LogP contribution in [-0.4, -0.2) is 76.7 Å². The summed E-state index contributed by atoms with van der Waals surface area (Å²) in [7, 11) is 0. The van der Waals surface area contributed by atoms with E-state index in [-0.39, 0.29) is 11.9 Å². The maximum Gasteiger partial charge on any atom is 0.490 e. The third-order valence-corrected chi connectivity index (χ3v) is 6.38. The van der Waals surface area contributed by atoms with E-state index < -0.39 is 12.1 Å². The van der Waals surface area contributed by atoms with Crippen LogP contribution in [0.3, 0.4) is 0 Å². The lowest BCUT2D eigenvalue weighted by Crippen LogP contribution is -2.56. The molecule has 2 saturated heterocycles. The molecule has 0 bridgehead atoms. The topological polar surface area (TPSA) is 86.1 Å². The normalized spacial score (nSPS) is 21.8. The van der Waals surface area contributed by atoms with E-state index in [9.17, 15) is 18.3 Å². The zero-order valence-corrected chi connectivity index (χ0v) is 20.0. The molecular weight excluding hydrogens is 487 g/mol. The number of halogens is 4. The Balaban J connectivity index is 0.000000429. The van der Waals surface area contributed by atoms with E-state index in [2.05, 4.69) is 33.8 Å². The second-order valence-electron chi connectivity index (χ2n) is 8.72. The molecular formula is C24H29ClF3N3O4. The minimum atomic E-state index is -5.08. The van der Waals surface area contributed by atoms with Gasteiger partial charge in [-0.25, -0.2) is 9.78 Å². The highest BCUT2D eigenvalue weighted by atomic mass is 35.5. The number of hydrogen-bond acceptors (Lipinski definition) is 6. The molecule has 0 saturated carbocycles. The van der Waals surface area contributed by atoms with Crippen molar-refractivity contribution in [1.82, 2.24) is 9.88 Å². The molecule has 2 atom stereocenters. The molecule has 0 aliphatic carbocycles. The molecule has 11 heteroatoms. The van der Waals surface area contributed by atoms with Gasteiger partial charge in [-0.15, -0.1) is 0 Å². The molecule has 7 nitrogen and oxygen atoms in total. The highest BCUT2D eigenvalue weighted by molar-refractivity contribution is 6.30. The van der Waals surface area contributed by atoms with Crippen molar-refractivity contribution in [2.24, 2.45) is 0 Å². The first-order chi connectivity index (χ1) is 16.5. The smallest absolute Gasteiger partial charge is 0.490 e. The number of rotatable bonds is 4. The molecule has 2 aromatic rings. The number of nitrogens with zero attached hydrogens (tertiary/aromatic N) is 3. The zero-order valence-electron chi connectivity index (χ0n) is 19.3. The molecule has 0 radical (unpaired) electrons. The first-order valence-corrected chi connectivity index (χ1v) is 11.7. The molecule has 2 fully saturated rings. The van der Waals surface area contributed by atoms with Gasteiger partial charge in [0.05, 0.1) is 12.7 Å². The van der Waals surface area contributed by atoms with E-state index in [1.54, 1.807) is 18.3 Å². The van der Waals surface area contributed by atoms with Gasteiger partial charge in [0.2, 0.25) is 0 Å². The van der Waals surface area contributed by atoms with Crippen LogP contribution < -0.4 is 4.90 Å². The summed E-state index contributed by atoms with van der Waals surface area (Å²) in [5.41, 5.74) is 1.30. The Morgan fingerprint density at radius 1 is 1.20 bits per heavy atom. The number of anilines is 1. The van der Waals surface area contributed by atoms with Crippen LogP contribution in [0.2, 0.25) is 5.02 Å². The minimum Gasteiger partial charge on any atom is -0.508 e. The molecule has 0 unspecified atom stereocenters. The standard InChI is InChI=1S/C22H28ClN3O2.C2HF3O2/c1-16-14-26(20(15-28-16)12-17-2-4-18(23)5-3-17)19-7-10-25(11-8-19)22-13-21(27)6-9-24-22;3-2(4,5)1(6)7/h2-6,9,13,16,19-20H,7-8,10-12,14-15H2,1H3,(H,24,27);(H,6,7)/t16-,20-;/m0./s1. The molecule has 2 aliphatic rings. The van der Waals surface area contributed by atoms with Gasteiger partial charge in [-0.05, 0) is 49.9 Å². The zero-order chi connectivity index (χ0) is 25.6. The van der Waals surface area contributed by atoms with Crippen LogP contribution in [0.5, 0.6) is 5.75 Å². The van der Waals surface area contributed by atoms with Gasteiger partial charge in [-0.3, -0.25) is 4.90 Å². The molecule has 3 heterocycles. The summed E-state index contributed by atoms with van der Waals surface area (Å²) < 4.78 is 37.7. The average molecular weight is 516 g/mol. The number of piperidine rings is 1. The number of hydrogen-bond donors (Lipinski definition) is 2. The van der Waals surface area contributed by atoms with Gasteiger partial charge >= 0.3 is 12.1 Å². The number of aliphatic carboxylic acids is 1. The van der Waals surface area contributed by atoms with E-state index in [4.69, 9.17) is 26.2 Å². The Bertz CT molecular complexity index is 969. The lowest BCUT2D eigenvalue weighted by Gasteiger charge is -2.46. The van der Waals surface area contributed by atoms with Crippen LogP contribution >= 0.6 is 11.6 Å². The van der Waals surface area contributed by atoms with Gasteiger partial charge in [-0.2, -0.15) is 13.2 Å². The van der Waals surface area contributed by atoms with Gasteiger partial charge in [0.25, 0.3) is 0 Å². The molecule has 192 valence electrons. The highest BCUT2D eigenvalue weighted by Crippen LogP contribution is 2.27. The maximum atomic E-state index is 10.6. The van der Waals surface area contributed by atoms with Crippen LogP contribution in [0, 0.1) is 0 Å². The minimum absolute atomic E-state index is 0.271. The Morgan fingerprint density at radius 2 is 1.83 bits per heavy atom. The first kappa shape index (κ1) is 27.0. The Labute approximate surface area is 207 Å². The van der Waals surface area contributed by atoms with Crippen LogP contribution in [0.4, 0.5) is 19.0 Å². The fourth-order valence-corrected chi connectivity index (χ4v) is 4.52. The number of aromatic nitrogens is 1. The summed E-state index contributed by atoms with van der Waals surface area (Å²) in [6.45, 7) is 5.84. The molecule has 1 aromatic heterocycles. The van der Waals surface area contributed by atoms with Gasteiger partial charge in [0.15, 0.2) is 0 Å². The summed E-state index contributed by atoms with van der Waals surface area (Å²) in [5, 5.41) is 17.6. The SMILES string of the molecule is C[C@H]1CN(C2CCN(c3cc(O)ccn3)CC2)[C@@H](Cc2ccc(Cl)cc2)CO1.O=C(O)C(F)(F)F. The molecule has 35 heavy (non-hydrogen) atoms. The number of carboxylic acids is 1. The second-order valence-corrected chi connectivity index (χ2v) is 9.15. The van der Waals surface area contributed by atoms with Crippen molar-refractivity contribution in [2.45, 2.75) is 50.6 Å². The summed E-state index contributed by atoms with van der Waals surface area (Å²) in [5.74, 6) is -1.61. The maximum absolute atomic E-state index is 10.6. The molecule has 2 N–H and O–H groups in total. The quantitative estimate of drug-likeness (QED) is 0.625. The Morgan fingerprint density at radius 3 is 2.40 bits per heavy atom. The molecule has 2 aliphatic heterocycles. The molecule has 4 rings (SSSR count). The van der Waals surface area contributed by atoms with Crippen molar-refractivity contribution in [3.05, 3.63) is 53.2 Å². The van der Waals surface area contributed by atoms with Crippen molar-refractivity contribution in [3.63, 3.8) is 0 Å². The van der Waals surface area contributed by atoms with Gasteiger partial charge in [0.1, 0.15) is 11.6 Å². The molecule has 0 amide bonds. The van der Waals surface area contributed by atoms with Crippen LogP contribution in [-0.2, 0) is 16.0 Å².